The van der Waals surface area contributed by atoms with Crippen LogP contribution in [0.5, 0.6) is 0 Å². The number of para-hydroxylation sites is 1. The first-order chi connectivity index (χ1) is 32.2. The number of benzene rings is 11. The third kappa shape index (κ3) is 5.11. The first-order valence-corrected chi connectivity index (χ1v) is 22.5. The third-order valence-corrected chi connectivity index (χ3v) is 14.2. The Kier molecular flexibility index (Phi) is 7.64. The van der Waals surface area contributed by atoms with E-state index in [9.17, 15) is 0 Å². The molecular weight excluding hydrogens is 787 g/mol. The fraction of sp³-hybridized carbons (Fsp3) is 0.0159. The minimum Gasteiger partial charge on any atom is -0.455 e. The van der Waals surface area contributed by atoms with Crippen molar-refractivity contribution >= 4 is 60.5 Å². The summed E-state index contributed by atoms with van der Waals surface area (Å²) in [4.78, 5) is 2.52. The van der Waals surface area contributed by atoms with E-state index in [-0.39, 0.29) is 0 Å². The molecule has 12 aromatic rings. The Labute approximate surface area is 376 Å². The lowest BCUT2D eigenvalue weighted by Gasteiger charge is -2.32. The Balaban J connectivity index is 1.03. The smallest absolute Gasteiger partial charge is 0.143 e. The lowest BCUT2D eigenvalue weighted by molar-refractivity contribution is 0.672. The van der Waals surface area contributed by atoms with Gasteiger partial charge in [-0.05, 0) is 120 Å². The molecule has 0 atom stereocenters. The lowest BCUT2D eigenvalue weighted by atomic mass is 9.70. The van der Waals surface area contributed by atoms with Gasteiger partial charge >= 0.3 is 0 Å². The fourth-order valence-corrected chi connectivity index (χ4v) is 11.5. The molecule has 0 fully saturated rings. The summed E-state index contributed by atoms with van der Waals surface area (Å²) in [6.07, 6.45) is 0. The summed E-state index contributed by atoms with van der Waals surface area (Å²) in [5, 5.41) is 7.00. The molecule has 11 aromatic carbocycles. The van der Waals surface area contributed by atoms with Crippen LogP contribution in [0.3, 0.4) is 0 Å². The van der Waals surface area contributed by atoms with Crippen molar-refractivity contribution in [3.63, 3.8) is 0 Å². The van der Waals surface area contributed by atoms with Crippen molar-refractivity contribution < 1.29 is 4.42 Å². The van der Waals surface area contributed by atoms with Gasteiger partial charge in [0.2, 0.25) is 0 Å². The van der Waals surface area contributed by atoms with Crippen LogP contribution < -0.4 is 4.90 Å². The van der Waals surface area contributed by atoms with E-state index in [4.69, 9.17) is 4.42 Å². The molecule has 65 heavy (non-hydrogen) atoms. The van der Waals surface area contributed by atoms with E-state index in [2.05, 4.69) is 241 Å². The molecule has 14 rings (SSSR count). The molecular formula is C63H39NO. The molecule has 0 bridgehead atoms. The number of hydrogen-bond donors (Lipinski definition) is 0. The third-order valence-electron chi connectivity index (χ3n) is 14.2. The highest BCUT2D eigenvalue weighted by molar-refractivity contribution is 6.16. The van der Waals surface area contributed by atoms with Crippen LogP contribution in [0.1, 0.15) is 22.3 Å². The second-order valence-electron chi connectivity index (χ2n) is 17.5. The molecule has 1 spiro atoms. The zero-order valence-electron chi connectivity index (χ0n) is 35.4. The summed E-state index contributed by atoms with van der Waals surface area (Å²) in [6, 6.07) is 87.2. The van der Waals surface area contributed by atoms with Gasteiger partial charge in [-0.2, -0.15) is 0 Å². The van der Waals surface area contributed by atoms with Crippen LogP contribution in [0.2, 0.25) is 0 Å². The van der Waals surface area contributed by atoms with Crippen LogP contribution >= 0.6 is 0 Å². The summed E-state index contributed by atoms with van der Waals surface area (Å²) in [6.45, 7) is 0. The van der Waals surface area contributed by atoms with Gasteiger partial charge in [-0.1, -0.05) is 188 Å². The molecule has 0 N–H and O–H groups in total. The standard InChI is InChI=1S/C63H39NO/c1-2-17-42-37-44(32-31-40(42)15-1)43-18-13-19-46(38-43)64(58-29-12-8-20-47(58)45-34-36-60-53(39-45)51-35-33-41-16-3-4-21-48(41)62(51)65-60)59-30-14-28-57-61(59)52-24-7-11-27-56(52)63(57)54-25-9-5-22-49(54)50-23-6-10-26-55(50)63/h1-39H. The molecule has 302 valence electrons. The van der Waals surface area contributed by atoms with Gasteiger partial charge < -0.3 is 9.32 Å². The number of rotatable bonds is 5. The Morgan fingerprint density at radius 1 is 0.323 bits per heavy atom. The Bertz CT molecular complexity index is 3880. The monoisotopic (exact) mass is 825 g/mol. The maximum absolute atomic E-state index is 6.62. The number of nitrogens with zero attached hydrogens (tertiary/aromatic N) is 1. The quantitative estimate of drug-likeness (QED) is 0.172. The van der Waals surface area contributed by atoms with E-state index in [1.165, 1.54) is 66.2 Å². The van der Waals surface area contributed by atoms with Gasteiger partial charge in [0, 0.05) is 33.0 Å². The molecule has 2 aliphatic rings. The normalized spacial score (nSPS) is 13.0. The predicted molar refractivity (Wildman–Crippen MR) is 271 cm³/mol. The molecule has 2 nitrogen and oxygen atoms in total. The Hall–Kier alpha value is -8.46. The molecule has 2 heteroatoms. The van der Waals surface area contributed by atoms with Crippen molar-refractivity contribution in [1.82, 2.24) is 0 Å². The highest BCUT2D eigenvalue weighted by Gasteiger charge is 2.52. The molecule has 0 saturated carbocycles. The Morgan fingerprint density at radius 3 is 1.72 bits per heavy atom. The van der Waals surface area contributed by atoms with Crippen LogP contribution in [0.15, 0.2) is 241 Å². The predicted octanol–water partition coefficient (Wildman–Crippen LogP) is 17.0. The zero-order valence-corrected chi connectivity index (χ0v) is 35.4. The SMILES string of the molecule is c1cc(-c2ccc3ccccc3c2)cc(N(c2ccccc2-c2ccc3oc4c5ccccc5ccc4c3c2)c2cccc3c2-c2ccccc2C32c3ccccc3-c3ccccc32)c1. The molecule has 2 aliphatic carbocycles. The summed E-state index contributed by atoms with van der Waals surface area (Å²) < 4.78 is 6.62. The van der Waals surface area contributed by atoms with Crippen LogP contribution in [0, 0.1) is 0 Å². The second kappa shape index (κ2) is 13.8. The van der Waals surface area contributed by atoms with Gasteiger partial charge in [0.25, 0.3) is 0 Å². The van der Waals surface area contributed by atoms with Crippen LogP contribution in [-0.4, -0.2) is 0 Å². The number of fused-ring (bicyclic) bond motifs is 16. The molecule has 0 radical (unpaired) electrons. The van der Waals surface area contributed by atoms with Crippen molar-refractivity contribution in [2.45, 2.75) is 5.41 Å². The summed E-state index contributed by atoms with van der Waals surface area (Å²) in [5.41, 5.74) is 19.7. The van der Waals surface area contributed by atoms with Gasteiger partial charge in [0.1, 0.15) is 11.2 Å². The molecule has 0 amide bonds. The van der Waals surface area contributed by atoms with E-state index >= 15 is 0 Å². The minimum atomic E-state index is -0.467. The van der Waals surface area contributed by atoms with Gasteiger partial charge in [-0.3, -0.25) is 0 Å². The van der Waals surface area contributed by atoms with Crippen LogP contribution in [0.25, 0.3) is 88.0 Å². The maximum atomic E-state index is 6.62. The van der Waals surface area contributed by atoms with E-state index < -0.39 is 5.41 Å². The molecule has 0 unspecified atom stereocenters. The van der Waals surface area contributed by atoms with Gasteiger partial charge in [-0.25, -0.2) is 0 Å². The van der Waals surface area contributed by atoms with Gasteiger partial charge in [0.05, 0.1) is 16.8 Å². The highest BCUT2D eigenvalue weighted by atomic mass is 16.3. The van der Waals surface area contributed by atoms with E-state index in [1.807, 2.05) is 0 Å². The first kappa shape index (κ1) is 36.1. The molecule has 0 saturated heterocycles. The average Bonchev–Trinajstić information content (AvgIpc) is 4.01. The Morgan fingerprint density at radius 2 is 0.908 bits per heavy atom. The van der Waals surface area contributed by atoms with Gasteiger partial charge in [0.15, 0.2) is 0 Å². The van der Waals surface area contributed by atoms with Gasteiger partial charge in [-0.15, -0.1) is 0 Å². The van der Waals surface area contributed by atoms with Crippen molar-refractivity contribution in [3.8, 4) is 44.5 Å². The number of hydrogen-bond acceptors (Lipinski definition) is 2. The van der Waals surface area contributed by atoms with E-state index in [0.717, 1.165) is 61.1 Å². The number of anilines is 3. The highest BCUT2D eigenvalue weighted by Crippen LogP contribution is 2.65. The summed E-state index contributed by atoms with van der Waals surface area (Å²) >= 11 is 0. The van der Waals surface area contributed by atoms with Crippen LogP contribution in [0.4, 0.5) is 17.1 Å². The number of furan rings is 1. The topological polar surface area (TPSA) is 16.4 Å². The lowest BCUT2D eigenvalue weighted by Crippen LogP contribution is -2.26. The maximum Gasteiger partial charge on any atom is 0.143 e. The summed E-state index contributed by atoms with van der Waals surface area (Å²) in [7, 11) is 0. The van der Waals surface area contributed by atoms with Crippen molar-refractivity contribution in [3.05, 3.63) is 259 Å². The van der Waals surface area contributed by atoms with Crippen LogP contribution in [-0.2, 0) is 5.41 Å². The average molecular weight is 826 g/mol. The van der Waals surface area contributed by atoms with Crippen molar-refractivity contribution in [1.29, 1.82) is 0 Å². The molecule has 1 heterocycles. The van der Waals surface area contributed by atoms with Crippen molar-refractivity contribution in [2.24, 2.45) is 0 Å². The zero-order chi connectivity index (χ0) is 42.6. The fourth-order valence-electron chi connectivity index (χ4n) is 11.5. The van der Waals surface area contributed by atoms with Crippen molar-refractivity contribution in [2.75, 3.05) is 4.90 Å². The largest absolute Gasteiger partial charge is 0.455 e. The molecule has 0 aliphatic heterocycles. The summed E-state index contributed by atoms with van der Waals surface area (Å²) in [5.74, 6) is 0. The molecule has 1 aromatic heterocycles. The first-order valence-electron chi connectivity index (χ1n) is 22.5. The minimum absolute atomic E-state index is 0.467. The van der Waals surface area contributed by atoms with E-state index in [1.54, 1.807) is 0 Å². The second-order valence-corrected chi connectivity index (χ2v) is 17.5. The van der Waals surface area contributed by atoms with E-state index in [0.29, 0.717) is 0 Å².